The normalized spacial score (nSPS) is 11.5. The summed E-state index contributed by atoms with van der Waals surface area (Å²) in [6, 6.07) is 53.5. The molecule has 0 spiro atoms. The first-order valence-electron chi connectivity index (χ1n) is 41.8. The summed E-state index contributed by atoms with van der Waals surface area (Å²) in [6.07, 6.45) is 0. The van der Waals surface area contributed by atoms with Crippen molar-refractivity contribution in [2.75, 3.05) is 14.2 Å². The zero-order chi connectivity index (χ0) is 106. The van der Waals surface area contributed by atoms with Crippen molar-refractivity contribution in [3.63, 3.8) is 0 Å². The number of aryl methyl sites for hydroxylation is 8. The van der Waals surface area contributed by atoms with Crippen molar-refractivity contribution in [3.8, 4) is 131 Å². The van der Waals surface area contributed by atoms with Crippen molar-refractivity contribution >= 4 is 50.2 Å². The second-order valence-corrected chi connectivity index (χ2v) is 39.5. The molecule has 0 atom stereocenters. The highest BCUT2D eigenvalue weighted by Crippen LogP contribution is 2.48. The van der Waals surface area contributed by atoms with E-state index in [2.05, 4.69) is 12.1 Å². The molecule has 145 heavy (non-hydrogen) atoms. The molecule has 0 heterocycles. The molecule has 15 rings (SSSR count). The van der Waals surface area contributed by atoms with E-state index < -0.39 is 202 Å². The fourth-order valence-electron chi connectivity index (χ4n) is 15.5. The average molecular weight is 2110 g/mol. The molecular weight excluding hydrogens is 2040 g/mol. The summed E-state index contributed by atoms with van der Waals surface area (Å²) in [5, 5.41) is 10.1. The van der Waals surface area contributed by atoms with Crippen LogP contribution < -0.4 is 37.9 Å². The number of nitrogens with zero attached hydrogens (tertiary/aromatic N) is 1. The number of sulfone groups is 3. The number of benzene rings is 15. The van der Waals surface area contributed by atoms with E-state index in [1.807, 2.05) is 97.9 Å². The number of rotatable bonds is 25. The maximum atomic E-state index is 15.2. The standard InChI is InChI=1S/C57H25F16NO8S2.C46H46O9S2.O3S/c1-23-36(58)44(66)54(45(67)37(23)59)83(75,76)56-48(70)40(62)52(41(63)49(56)71)81-31-18-10-27(11-19-31)25-6-14-29(15-7-25)79-34-4-3-5-35(33(34)22-74)80-30-16-8-26(9-17-30)28-12-20-32(21-13-28)82-53-42(64)50(72)57(51(73)43(53)65)84(77,78)55-46(68)38(60)24(2)39(61)47(55)69;1-26-17-34(18-27(2)43(26)52-9)36-21-30(5)45(31(6)22-36)54-38-11-13-39(14-12-38)56(47,48)40-15-16-41(42(25-40)57(49,50)51)55-46-32(7)23-37(24-33(46)8)35-19-28(3)44(53-10)29(4)20-35;1-4(2)3/h3-21H,1-2H3;11-25H,1-10H3,(H,49,50,51);. The molecule has 0 aliphatic rings. The number of halogens is 16. The van der Waals surface area contributed by atoms with E-state index in [0.29, 0.717) is 64.5 Å². The lowest BCUT2D eigenvalue weighted by molar-refractivity contribution is 0.350. The van der Waals surface area contributed by atoms with E-state index in [4.69, 9.17) is 50.5 Å². The minimum absolute atomic E-state index is 0.0334. The highest BCUT2D eigenvalue weighted by Gasteiger charge is 2.44. The van der Waals surface area contributed by atoms with Crippen LogP contribution in [0.3, 0.4) is 0 Å². The van der Waals surface area contributed by atoms with E-state index in [9.17, 15) is 78.6 Å². The molecular formula is C103H71F16NO20S5. The van der Waals surface area contributed by atoms with Crippen LogP contribution >= 0.6 is 0 Å². The van der Waals surface area contributed by atoms with Gasteiger partial charge in [-0.3, -0.25) is 4.55 Å². The molecule has 15 aromatic rings. The third kappa shape index (κ3) is 21.4. The van der Waals surface area contributed by atoms with E-state index >= 15 is 35.1 Å². The third-order valence-electron chi connectivity index (χ3n) is 22.4. The smallest absolute Gasteiger partial charge is 0.425 e. The molecule has 0 saturated carbocycles. The van der Waals surface area contributed by atoms with Crippen molar-refractivity contribution in [2.24, 2.45) is 0 Å². The fraction of sp³-hybridized carbons (Fsp3) is 0.117. The highest BCUT2D eigenvalue weighted by molar-refractivity contribution is 7.92. The molecule has 0 aromatic heterocycles. The minimum Gasteiger partial charge on any atom is -0.496 e. The van der Waals surface area contributed by atoms with E-state index in [0.717, 1.165) is 97.5 Å². The second kappa shape index (κ2) is 42.2. The maximum absolute atomic E-state index is 15.2. The van der Waals surface area contributed by atoms with Crippen LogP contribution in [0.1, 0.15) is 61.2 Å². The van der Waals surface area contributed by atoms with E-state index in [1.165, 1.54) is 115 Å². The Labute approximate surface area is 818 Å². The monoisotopic (exact) mass is 2110 g/mol. The molecule has 0 unspecified atom stereocenters. The molecule has 0 bridgehead atoms. The summed E-state index contributed by atoms with van der Waals surface area (Å²) in [5.74, 6) is -41.6. The average Bonchev–Trinajstić information content (AvgIpc) is 0.731. The summed E-state index contributed by atoms with van der Waals surface area (Å²) in [7, 11) is -21.7. The highest BCUT2D eigenvalue weighted by atomic mass is 32.2. The van der Waals surface area contributed by atoms with Crippen LogP contribution in [0, 0.1) is 174 Å². The lowest BCUT2D eigenvalue weighted by Crippen LogP contribution is -2.17. The summed E-state index contributed by atoms with van der Waals surface area (Å²) in [6.45, 7) is 16.6. The van der Waals surface area contributed by atoms with Crippen LogP contribution in [-0.2, 0) is 50.2 Å². The Balaban J connectivity index is 0.000000251. The van der Waals surface area contributed by atoms with Crippen LogP contribution in [0.5, 0.6) is 80.5 Å². The Morgan fingerprint density at radius 1 is 0.262 bits per heavy atom. The first-order valence-corrected chi connectivity index (χ1v) is 48.7. The molecule has 21 nitrogen and oxygen atoms in total. The lowest BCUT2D eigenvalue weighted by atomic mass is 9.96. The number of nitriles is 1. The topological polar surface area (TPSA) is 306 Å². The summed E-state index contributed by atoms with van der Waals surface area (Å²) in [5.41, 5.74) is 10.3. The summed E-state index contributed by atoms with van der Waals surface area (Å²) in [4.78, 5) is -11.4. The van der Waals surface area contributed by atoms with Crippen LogP contribution in [0.15, 0.2) is 241 Å². The van der Waals surface area contributed by atoms with Gasteiger partial charge in [0, 0.05) is 11.1 Å². The Kier molecular flexibility index (Phi) is 31.0. The molecule has 0 aliphatic carbocycles. The van der Waals surface area contributed by atoms with Crippen molar-refractivity contribution in [2.45, 2.75) is 104 Å². The largest absolute Gasteiger partial charge is 0.496 e. The molecule has 42 heteroatoms. The zero-order valence-corrected chi connectivity index (χ0v) is 81.0. The first-order chi connectivity index (χ1) is 68.2. The zero-order valence-electron chi connectivity index (χ0n) is 76.9. The van der Waals surface area contributed by atoms with Gasteiger partial charge in [-0.15, -0.1) is 12.6 Å². The van der Waals surface area contributed by atoms with Crippen LogP contribution in [0.2, 0.25) is 0 Å². The first kappa shape index (κ1) is 107. The third-order valence-corrected chi connectivity index (χ3v) is 28.6. The molecule has 0 fully saturated rings. The van der Waals surface area contributed by atoms with Gasteiger partial charge in [-0.2, -0.15) is 31.2 Å². The molecule has 1 N–H and O–H groups in total. The van der Waals surface area contributed by atoms with Gasteiger partial charge in [-0.25, -0.2) is 77.9 Å². The number of hydrogen-bond donors (Lipinski definition) is 1. The SMILES string of the molecule is COc1c(C)cc(-c2cc(C)c(Oc3ccc(S(=O)(=O)c4ccc(Oc5c(C)cc(-c6cc(C)c(OC)c(C)c6)cc5C)c(S(=O)(=O)O)c4)cc3)c(C)c2)cc1C.Cc1c(F)c(F)c(S(=O)(=O)c2c(F)c(F)c(Oc3ccc(-c4ccc(Oc5cccc(Oc6ccc(-c7ccc(Oc8c(F)c(F)c(S(=O)(=O)c9c(F)c(F)c(C)c(F)c9F)c(F)c8F)cc7)cc6)c5C#N)cc4)cc3)c(F)c2F)c(F)c1F.O=S(=O)=O. The lowest BCUT2D eigenvalue weighted by Gasteiger charge is -2.17. The van der Waals surface area contributed by atoms with E-state index in [1.54, 1.807) is 26.4 Å². The van der Waals surface area contributed by atoms with Gasteiger partial charge in [0.2, 0.25) is 64.3 Å². The Bertz CT molecular complexity index is 7990. The second-order valence-electron chi connectivity index (χ2n) is 32.1. The van der Waals surface area contributed by atoms with Gasteiger partial charge in [-0.1, -0.05) is 54.6 Å². The Morgan fingerprint density at radius 2 is 0.497 bits per heavy atom. The van der Waals surface area contributed by atoms with Gasteiger partial charge in [0.15, 0.2) is 69.8 Å². The van der Waals surface area contributed by atoms with Gasteiger partial charge >= 0.3 is 10.6 Å². The molecule has 0 amide bonds. The van der Waals surface area contributed by atoms with Gasteiger partial charge in [-0.05, 0) is 310 Å². The Hall–Kier alpha value is -15.6. The Morgan fingerprint density at radius 3 is 0.759 bits per heavy atom. The fourth-order valence-corrected chi connectivity index (χ4v) is 20.5. The predicted molar refractivity (Wildman–Crippen MR) is 493 cm³/mol. The molecule has 0 radical (unpaired) electrons. The number of ether oxygens (including phenoxy) is 8. The number of methoxy groups -OCH3 is 2. The molecule has 0 saturated heterocycles. The van der Waals surface area contributed by atoms with Crippen molar-refractivity contribution in [1.29, 1.82) is 5.26 Å². The van der Waals surface area contributed by atoms with Crippen molar-refractivity contribution in [3.05, 3.63) is 361 Å². The molecule has 750 valence electrons. The van der Waals surface area contributed by atoms with Gasteiger partial charge in [0.1, 0.15) is 105 Å². The summed E-state index contributed by atoms with van der Waals surface area (Å²) >= 11 is 0. The molecule has 15 aromatic carbocycles. The van der Waals surface area contributed by atoms with Crippen molar-refractivity contribution < 1.29 is 159 Å². The maximum Gasteiger partial charge on any atom is 0.425 e. The predicted octanol–water partition coefficient (Wildman–Crippen LogP) is 26.7. The van der Waals surface area contributed by atoms with Crippen LogP contribution in [-0.4, -0.2) is 65.1 Å². The van der Waals surface area contributed by atoms with Crippen molar-refractivity contribution in [1.82, 2.24) is 0 Å². The van der Waals surface area contributed by atoms with Crippen LogP contribution in [0.4, 0.5) is 70.2 Å². The minimum atomic E-state index is -6.36. The van der Waals surface area contributed by atoms with Gasteiger partial charge in [0.05, 0.1) is 24.0 Å². The van der Waals surface area contributed by atoms with E-state index in [-0.39, 0.29) is 44.1 Å². The summed E-state index contributed by atoms with van der Waals surface area (Å²) < 4.78 is 422. The van der Waals surface area contributed by atoms with Gasteiger partial charge < -0.3 is 37.9 Å². The van der Waals surface area contributed by atoms with Crippen LogP contribution in [0.25, 0.3) is 44.5 Å². The number of hydrogen-bond acceptors (Lipinski definition) is 20. The quantitative estimate of drug-likeness (QED) is 0.0316. The molecule has 0 aliphatic heterocycles. The van der Waals surface area contributed by atoms with Gasteiger partial charge in [0.25, 0.3) is 10.1 Å².